The number of nitrogens with zero attached hydrogens (tertiary/aromatic N) is 2. The maximum Gasteiger partial charge on any atom is 0.243 e. The second-order valence-corrected chi connectivity index (χ2v) is 9.57. The third kappa shape index (κ3) is 8.42. The van der Waals surface area contributed by atoms with Gasteiger partial charge in [0.05, 0.1) is 25.2 Å². The van der Waals surface area contributed by atoms with E-state index in [2.05, 4.69) is 15.5 Å². The summed E-state index contributed by atoms with van der Waals surface area (Å²) < 4.78 is 5.34. The molecule has 3 N–H and O–H groups in total. The summed E-state index contributed by atoms with van der Waals surface area (Å²) in [4.78, 5) is 39.7. The molecule has 1 saturated heterocycles. The fourth-order valence-electron chi connectivity index (χ4n) is 3.82. The van der Waals surface area contributed by atoms with Gasteiger partial charge in [0, 0.05) is 26.2 Å². The molecule has 0 aliphatic carbocycles. The van der Waals surface area contributed by atoms with Gasteiger partial charge in [-0.25, -0.2) is 5.06 Å². The van der Waals surface area contributed by atoms with Crippen LogP contribution in [0.15, 0.2) is 30.3 Å². The molecule has 1 fully saturated rings. The Labute approximate surface area is 196 Å². The van der Waals surface area contributed by atoms with Crippen LogP contribution >= 0.6 is 0 Å². The highest BCUT2D eigenvalue weighted by Crippen LogP contribution is 2.22. The normalized spacial score (nSPS) is 17.5. The molecule has 0 aromatic heterocycles. The first-order valence-electron chi connectivity index (χ1n) is 11.5. The molecule has 1 aromatic carbocycles. The highest BCUT2D eigenvalue weighted by molar-refractivity contribution is 5.89. The number of benzene rings is 1. The van der Waals surface area contributed by atoms with Crippen molar-refractivity contribution in [2.75, 3.05) is 39.4 Å². The Kier molecular flexibility index (Phi) is 10.3. The Morgan fingerprint density at radius 2 is 1.82 bits per heavy atom. The van der Waals surface area contributed by atoms with Crippen LogP contribution in [0, 0.1) is 11.3 Å². The molecule has 0 spiro atoms. The standard InChI is InChI=1S/C24H38N4O5/c1-18(28(32)17-29)20(16-19-8-6-5-7-9-19)22(30)26-21(24(2,3)4)23(31)25-10-11-27-12-14-33-15-13-27/h5-9,17-18,20-21,32H,10-16H2,1-4H3,(H,25,31)(H,26,30). The topological polar surface area (TPSA) is 111 Å². The number of hydrogen-bond donors (Lipinski definition) is 3. The van der Waals surface area contributed by atoms with Gasteiger partial charge in [0.25, 0.3) is 0 Å². The van der Waals surface area contributed by atoms with E-state index in [0.29, 0.717) is 37.8 Å². The Hall–Kier alpha value is -2.49. The van der Waals surface area contributed by atoms with Gasteiger partial charge in [-0.3, -0.25) is 24.5 Å². The van der Waals surface area contributed by atoms with E-state index in [9.17, 15) is 19.6 Å². The minimum absolute atomic E-state index is 0.258. The van der Waals surface area contributed by atoms with Crippen LogP contribution in [0.5, 0.6) is 0 Å². The lowest BCUT2D eigenvalue weighted by Gasteiger charge is -2.34. The number of nitrogens with one attached hydrogen (secondary N) is 2. The smallest absolute Gasteiger partial charge is 0.243 e. The fraction of sp³-hybridized carbons (Fsp3) is 0.625. The molecule has 3 atom stereocenters. The van der Waals surface area contributed by atoms with E-state index >= 15 is 0 Å². The molecule has 1 aliphatic heterocycles. The van der Waals surface area contributed by atoms with Crippen molar-refractivity contribution < 1.29 is 24.3 Å². The number of carbonyl (C=O) groups excluding carboxylic acids is 3. The molecule has 2 rings (SSSR count). The van der Waals surface area contributed by atoms with Crippen molar-refractivity contribution in [1.29, 1.82) is 0 Å². The number of ether oxygens (including phenoxy) is 1. The summed E-state index contributed by atoms with van der Waals surface area (Å²) in [5.74, 6) is -1.39. The summed E-state index contributed by atoms with van der Waals surface area (Å²) in [7, 11) is 0. The van der Waals surface area contributed by atoms with E-state index in [-0.39, 0.29) is 12.3 Å². The molecule has 1 aromatic rings. The van der Waals surface area contributed by atoms with Crippen LogP contribution in [-0.2, 0) is 25.5 Å². The monoisotopic (exact) mass is 462 g/mol. The van der Waals surface area contributed by atoms with Gasteiger partial charge in [0.15, 0.2) is 0 Å². The summed E-state index contributed by atoms with van der Waals surface area (Å²) in [5, 5.41) is 16.3. The molecule has 3 unspecified atom stereocenters. The van der Waals surface area contributed by atoms with Gasteiger partial charge < -0.3 is 15.4 Å². The molecule has 1 heterocycles. The lowest BCUT2D eigenvalue weighted by molar-refractivity contribution is -0.166. The van der Waals surface area contributed by atoms with Crippen LogP contribution < -0.4 is 10.6 Å². The minimum Gasteiger partial charge on any atom is -0.379 e. The third-order valence-corrected chi connectivity index (χ3v) is 5.99. The highest BCUT2D eigenvalue weighted by atomic mass is 16.5. The predicted molar refractivity (Wildman–Crippen MR) is 124 cm³/mol. The van der Waals surface area contributed by atoms with Crippen LogP contribution in [0.2, 0.25) is 0 Å². The van der Waals surface area contributed by atoms with Gasteiger partial charge in [-0.1, -0.05) is 51.1 Å². The first kappa shape index (κ1) is 26.8. The molecule has 0 bridgehead atoms. The zero-order valence-electron chi connectivity index (χ0n) is 20.1. The Morgan fingerprint density at radius 1 is 1.18 bits per heavy atom. The zero-order valence-corrected chi connectivity index (χ0v) is 20.1. The van der Waals surface area contributed by atoms with Crippen molar-refractivity contribution in [3.8, 4) is 0 Å². The van der Waals surface area contributed by atoms with Crippen LogP contribution in [0.1, 0.15) is 33.3 Å². The van der Waals surface area contributed by atoms with E-state index in [1.165, 1.54) is 0 Å². The molecule has 9 heteroatoms. The maximum absolute atomic E-state index is 13.3. The molecule has 0 saturated carbocycles. The second kappa shape index (κ2) is 12.7. The van der Waals surface area contributed by atoms with Gasteiger partial charge in [0.2, 0.25) is 18.2 Å². The van der Waals surface area contributed by atoms with Gasteiger partial charge in [-0.2, -0.15) is 0 Å². The van der Waals surface area contributed by atoms with E-state index < -0.39 is 29.3 Å². The Morgan fingerprint density at radius 3 is 2.39 bits per heavy atom. The summed E-state index contributed by atoms with van der Waals surface area (Å²) in [6.45, 7) is 11.5. The summed E-state index contributed by atoms with van der Waals surface area (Å²) in [5.41, 5.74) is 0.356. The van der Waals surface area contributed by atoms with Gasteiger partial charge >= 0.3 is 0 Å². The van der Waals surface area contributed by atoms with E-state index in [4.69, 9.17) is 4.74 Å². The largest absolute Gasteiger partial charge is 0.379 e. The van der Waals surface area contributed by atoms with Crippen LogP contribution in [-0.4, -0.2) is 84.9 Å². The van der Waals surface area contributed by atoms with Gasteiger partial charge in [-0.05, 0) is 24.3 Å². The molecule has 33 heavy (non-hydrogen) atoms. The van der Waals surface area contributed by atoms with E-state index in [0.717, 1.165) is 18.7 Å². The molecular formula is C24H38N4O5. The number of hydrogen-bond acceptors (Lipinski definition) is 6. The number of hydroxylamine groups is 2. The molecule has 9 nitrogen and oxygen atoms in total. The van der Waals surface area contributed by atoms with Crippen molar-refractivity contribution in [3.63, 3.8) is 0 Å². The van der Waals surface area contributed by atoms with Crippen molar-refractivity contribution in [1.82, 2.24) is 20.6 Å². The van der Waals surface area contributed by atoms with E-state index in [1.54, 1.807) is 6.92 Å². The number of morpholine rings is 1. The number of carbonyl (C=O) groups is 3. The predicted octanol–water partition coefficient (Wildman–Crippen LogP) is 1.06. The van der Waals surface area contributed by atoms with Crippen LogP contribution in [0.25, 0.3) is 0 Å². The van der Waals surface area contributed by atoms with Crippen molar-refractivity contribution >= 4 is 18.2 Å². The average molecular weight is 463 g/mol. The highest BCUT2D eigenvalue weighted by Gasteiger charge is 2.37. The first-order chi connectivity index (χ1) is 15.6. The van der Waals surface area contributed by atoms with Gasteiger partial charge in [-0.15, -0.1) is 0 Å². The fourth-order valence-corrected chi connectivity index (χ4v) is 3.82. The van der Waals surface area contributed by atoms with Crippen molar-refractivity contribution in [3.05, 3.63) is 35.9 Å². The van der Waals surface area contributed by atoms with Gasteiger partial charge in [0.1, 0.15) is 6.04 Å². The number of amides is 3. The number of rotatable bonds is 11. The summed E-state index contributed by atoms with van der Waals surface area (Å²) >= 11 is 0. The van der Waals surface area contributed by atoms with E-state index in [1.807, 2.05) is 51.1 Å². The lowest BCUT2D eigenvalue weighted by atomic mass is 9.84. The van der Waals surface area contributed by atoms with Crippen LogP contribution in [0.3, 0.4) is 0 Å². The first-order valence-corrected chi connectivity index (χ1v) is 11.5. The van der Waals surface area contributed by atoms with Crippen molar-refractivity contribution in [2.45, 2.75) is 46.2 Å². The molecule has 184 valence electrons. The SMILES string of the molecule is CC(C(Cc1ccccc1)C(=O)NC(C(=O)NCCN1CCOCC1)C(C)(C)C)N(O)C=O. The minimum atomic E-state index is -0.775. The molecule has 0 radical (unpaired) electrons. The molecular weight excluding hydrogens is 424 g/mol. The Balaban J connectivity index is 2.08. The van der Waals surface area contributed by atoms with Crippen molar-refractivity contribution in [2.24, 2.45) is 11.3 Å². The second-order valence-electron chi connectivity index (χ2n) is 9.57. The summed E-state index contributed by atoms with van der Waals surface area (Å²) in [6, 6.07) is 7.83. The summed E-state index contributed by atoms with van der Waals surface area (Å²) in [6.07, 6.45) is 0.601. The molecule has 1 aliphatic rings. The van der Waals surface area contributed by atoms with Crippen LogP contribution in [0.4, 0.5) is 0 Å². The molecule has 3 amide bonds. The Bertz CT molecular complexity index is 762. The third-order valence-electron chi connectivity index (χ3n) is 5.99. The lowest BCUT2D eigenvalue weighted by Crippen LogP contribution is -2.57. The zero-order chi connectivity index (χ0) is 24.4. The average Bonchev–Trinajstić information content (AvgIpc) is 2.80. The quantitative estimate of drug-likeness (QED) is 0.258. The maximum atomic E-state index is 13.3.